The van der Waals surface area contributed by atoms with E-state index >= 15 is 0 Å². The predicted octanol–water partition coefficient (Wildman–Crippen LogP) is 7.41. The molecule has 0 saturated carbocycles. The van der Waals surface area contributed by atoms with Gasteiger partial charge in [-0.1, -0.05) is 93.8 Å². The maximum absolute atomic E-state index is 3.75. The molecule has 2 aliphatic carbocycles. The fraction of sp³-hybridized carbons (Fsp3) is 0.111. The molecular formula is C27H19Br. The molecule has 0 radical (unpaired) electrons. The minimum Gasteiger partial charge on any atom is -0.0619 e. The molecule has 134 valence electrons. The van der Waals surface area contributed by atoms with Crippen LogP contribution in [0.25, 0.3) is 22.3 Å². The molecule has 4 aromatic carbocycles. The summed E-state index contributed by atoms with van der Waals surface area (Å²) in [5, 5.41) is 0. The summed E-state index contributed by atoms with van der Waals surface area (Å²) >= 11 is 3.75. The molecule has 0 fully saturated rings. The molecule has 1 heteroatoms. The van der Waals surface area contributed by atoms with Gasteiger partial charge in [0.1, 0.15) is 0 Å². The van der Waals surface area contributed by atoms with E-state index in [0.717, 1.165) is 4.47 Å². The van der Waals surface area contributed by atoms with Gasteiger partial charge in [-0.2, -0.15) is 0 Å². The molecule has 0 unspecified atom stereocenters. The van der Waals surface area contributed by atoms with Gasteiger partial charge in [0.15, 0.2) is 0 Å². The highest BCUT2D eigenvalue weighted by atomic mass is 79.9. The van der Waals surface area contributed by atoms with Crippen LogP contribution >= 0.6 is 15.9 Å². The van der Waals surface area contributed by atoms with E-state index in [4.69, 9.17) is 0 Å². The number of hydrogen-bond acceptors (Lipinski definition) is 0. The smallest absolute Gasteiger partial charge is 0.0619 e. The summed E-state index contributed by atoms with van der Waals surface area (Å²) in [5.74, 6) is 0. The van der Waals surface area contributed by atoms with Crippen LogP contribution in [0.1, 0.15) is 33.4 Å². The zero-order valence-corrected chi connectivity index (χ0v) is 17.5. The zero-order chi connectivity index (χ0) is 19.0. The first-order chi connectivity index (χ1) is 13.6. The zero-order valence-electron chi connectivity index (χ0n) is 15.9. The molecule has 0 nitrogen and oxygen atoms in total. The Labute approximate surface area is 174 Å². The van der Waals surface area contributed by atoms with Crippen molar-refractivity contribution < 1.29 is 0 Å². The largest absolute Gasteiger partial charge is 0.0726 e. The fourth-order valence-electron chi connectivity index (χ4n) is 5.38. The van der Waals surface area contributed by atoms with Gasteiger partial charge < -0.3 is 0 Å². The third-order valence-corrected chi connectivity index (χ3v) is 6.95. The summed E-state index contributed by atoms with van der Waals surface area (Å²) in [5.41, 5.74) is 13.4. The lowest BCUT2D eigenvalue weighted by atomic mass is 9.70. The minimum atomic E-state index is -0.238. The maximum atomic E-state index is 3.75. The quantitative estimate of drug-likeness (QED) is 0.239. The predicted molar refractivity (Wildman–Crippen MR) is 120 cm³/mol. The lowest BCUT2D eigenvalue weighted by molar-refractivity contribution is 0.791. The molecule has 0 heterocycles. The van der Waals surface area contributed by atoms with Gasteiger partial charge in [0.05, 0.1) is 5.41 Å². The molecule has 0 aliphatic heterocycles. The second-order valence-electron chi connectivity index (χ2n) is 8.08. The van der Waals surface area contributed by atoms with E-state index in [0.29, 0.717) is 0 Å². The Kier molecular flexibility index (Phi) is 3.18. The van der Waals surface area contributed by atoms with Crippen molar-refractivity contribution >= 4 is 15.9 Å². The van der Waals surface area contributed by atoms with E-state index in [1.807, 2.05) is 0 Å². The Bertz CT molecular complexity index is 1220. The van der Waals surface area contributed by atoms with Crippen molar-refractivity contribution in [2.24, 2.45) is 0 Å². The summed E-state index contributed by atoms with van der Waals surface area (Å²) in [6, 6.07) is 29.6. The third-order valence-electron chi connectivity index (χ3n) is 6.46. The Hall–Kier alpha value is -2.64. The molecule has 28 heavy (non-hydrogen) atoms. The summed E-state index contributed by atoms with van der Waals surface area (Å²) in [7, 11) is 0. The van der Waals surface area contributed by atoms with E-state index in [-0.39, 0.29) is 5.41 Å². The average Bonchev–Trinajstić information content (AvgIpc) is 3.13. The van der Waals surface area contributed by atoms with E-state index in [1.165, 1.54) is 55.6 Å². The van der Waals surface area contributed by atoms with Gasteiger partial charge in [-0.25, -0.2) is 0 Å². The van der Waals surface area contributed by atoms with Gasteiger partial charge in [-0.3, -0.25) is 0 Å². The van der Waals surface area contributed by atoms with Crippen LogP contribution in [0.15, 0.2) is 83.3 Å². The summed E-state index contributed by atoms with van der Waals surface area (Å²) < 4.78 is 1.13. The average molecular weight is 423 g/mol. The van der Waals surface area contributed by atoms with Crippen LogP contribution in [0.2, 0.25) is 0 Å². The van der Waals surface area contributed by atoms with Crippen molar-refractivity contribution in [3.8, 4) is 22.3 Å². The van der Waals surface area contributed by atoms with Crippen LogP contribution in [0.4, 0.5) is 0 Å². The Morgan fingerprint density at radius 1 is 0.536 bits per heavy atom. The van der Waals surface area contributed by atoms with E-state index in [9.17, 15) is 0 Å². The van der Waals surface area contributed by atoms with Gasteiger partial charge in [0.2, 0.25) is 0 Å². The molecule has 0 N–H and O–H groups in total. The summed E-state index contributed by atoms with van der Waals surface area (Å²) in [4.78, 5) is 0. The van der Waals surface area contributed by atoms with Gasteiger partial charge in [0.25, 0.3) is 0 Å². The SMILES string of the molecule is Cc1ccc2c(c1)C1(c3ccccc3-c3ccc(Br)cc31)c1cc(C)ccc1-2. The molecule has 2 aliphatic rings. The molecule has 0 atom stereocenters. The number of benzene rings is 4. The van der Waals surface area contributed by atoms with Crippen molar-refractivity contribution in [3.63, 3.8) is 0 Å². The molecule has 0 amide bonds. The molecule has 4 aromatic rings. The topological polar surface area (TPSA) is 0 Å². The van der Waals surface area contributed by atoms with Gasteiger partial charge in [-0.15, -0.1) is 0 Å². The van der Waals surface area contributed by atoms with Crippen LogP contribution in [-0.2, 0) is 5.41 Å². The lowest BCUT2D eigenvalue weighted by Crippen LogP contribution is -2.26. The Balaban J connectivity index is 1.88. The van der Waals surface area contributed by atoms with Crippen LogP contribution < -0.4 is 0 Å². The van der Waals surface area contributed by atoms with Crippen LogP contribution in [0, 0.1) is 13.8 Å². The molecule has 6 rings (SSSR count). The Morgan fingerprint density at radius 2 is 1.04 bits per heavy atom. The summed E-state index contributed by atoms with van der Waals surface area (Å²) in [6.07, 6.45) is 0. The lowest BCUT2D eigenvalue weighted by Gasteiger charge is -2.31. The van der Waals surface area contributed by atoms with E-state index in [1.54, 1.807) is 0 Å². The standard InChI is InChI=1S/C27H19Br/c1-16-7-10-20-21-11-8-17(2)14-25(21)27(24(20)13-16)23-6-4-3-5-19(23)22-12-9-18(28)15-26(22)27/h3-15H,1-2H3. The number of aryl methyl sites for hydroxylation is 2. The highest BCUT2D eigenvalue weighted by Crippen LogP contribution is 2.63. The van der Waals surface area contributed by atoms with E-state index in [2.05, 4.69) is 109 Å². The van der Waals surface area contributed by atoms with Gasteiger partial charge in [-0.05, 0) is 70.5 Å². The first kappa shape index (κ1) is 16.3. The van der Waals surface area contributed by atoms with Crippen molar-refractivity contribution in [2.45, 2.75) is 19.3 Å². The highest BCUT2D eigenvalue weighted by Gasteiger charge is 2.51. The fourth-order valence-corrected chi connectivity index (χ4v) is 5.74. The van der Waals surface area contributed by atoms with Gasteiger partial charge in [0, 0.05) is 4.47 Å². The normalized spacial score (nSPS) is 14.5. The third kappa shape index (κ3) is 1.85. The number of halogens is 1. The molecular weight excluding hydrogens is 404 g/mol. The van der Waals surface area contributed by atoms with Gasteiger partial charge >= 0.3 is 0 Å². The number of rotatable bonds is 0. The molecule has 0 bridgehead atoms. The number of fused-ring (bicyclic) bond motifs is 10. The van der Waals surface area contributed by atoms with Crippen LogP contribution in [0.5, 0.6) is 0 Å². The highest BCUT2D eigenvalue weighted by molar-refractivity contribution is 9.10. The Morgan fingerprint density at radius 3 is 1.68 bits per heavy atom. The summed E-state index contributed by atoms with van der Waals surface area (Å²) in [6.45, 7) is 4.40. The van der Waals surface area contributed by atoms with Crippen molar-refractivity contribution in [1.82, 2.24) is 0 Å². The van der Waals surface area contributed by atoms with Crippen LogP contribution in [0.3, 0.4) is 0 Å². The first-order valence-electron chi connectivity index (χ1n) is 9.73. The number of hydrogen-bond donors (Lipinski definition) is 0. The minimum absolute atomic E-state index is 0.238. The second kappa shape index (κ2) is 5.46. The maximum Gasteiger partial charge on any atom is 0.0726 e. The van der Waals surface area contributed by atoms with Crippen molar-refractivity contribution in [3.05, 3.63) is 117 Å². The second-order valence-corrected chi connectivity index (χ2v) is 9.00. The van der Waals surface area contributed by atoms with E-state index < -0.39 is 0 Å². The monoisotopic (exact) mass is 422 g/mol. The molecule has 0 aromatic heterocycles. The molecule has 1 spiro atoms. The van der Waals surface area contributed by atoms with Crippen molar-refractivity contribution in [1.29, 1.82) is 0 Å². The van der Waals surface area contributed by atoms with Crippen LogP contribution in [-0.4, -0.2) is 0 Å². The van der Waals surface area contributed by atoms with Crippen molar-refractivity contribution in [2.75, 3.05) is 0 Å². The molecule has 0 saturated heterocycles. The first-order valence-corrected chi connectivity index (χ1v) is 10.5.